The van der Waals surface area contributed by atoms with Gasteiger partial charge < -0.3 is 9.47 Å². The molecule has 0 aliphatic carbocycles. The number of ether oxygens (including phenoxy) is 2. The number of thioether (sulfide) groups is 1. The maximum Gasteiger partial charge on any atom is 0.238 e. The van der Waals surface area contributed by atoms with Crippen LogP contribution in [0.1, 0.15) is 11.3 Å². The Morgan fingerprint density at radius 3 is 2.67 bits per heavy atom. The fourth-order valence-corrected chi connectivity index (χ4v) is 5.10. The molecule has 3 aromatic rings. The molecular weight excluding hydrogens is 386 g/mol. The summed E-state index contributed by atoms with van der Waals surface area (Å²) in [5.74, 6) is 2.34. The van der Waals surface area contributed by atoms with Crippen molar-refractivity contribution in [1.29, 1.82) is 0 Å². The number of nitrogens with two attached hydrogens (primary N) is 1. The molecule has 0 unspecified atom stereocenters. The molecule has 0 amide bonds. The summed E-state index contributed by atoms with van der Waals surface area (Å²) in [6.07, 6.45) is 0. The Bertz CT molecular complexity index is 1180. The van der Waals surface area contributed by atoms with E-state index in [1.165, 1.54) is 12.1 Å². The first-order valence-electron chi connectivity index (χ1n) is 8.21. The highest BCUT2D eigenvalue weighted by molar-refractivity contribution is 7.98. The molecule has 2 N–H and O–H groups in total. The summed E-state index contributed by atoms with van der Waals surface area (Å²) in [6, 6.07) is 10.3. The number of primary sulfonamides is 1. The van der Waals surface area contributed by atoms with Crippen molar-refractivity contribution < 1.29 is 17.9 Å². The Morgan fingerprint density at radius 2 is 1.93 bits per heavy atom. The van der Waals surface area contributed by atoms with Crippen LogP contribution in [0.2, 0.25) is 0 Å². The van der Waals surface area contributed by atoms with Crippen LogP contribution in [0.4, 0.5) is 0 Å². The molecule has 5 rings (SSSR count). The zero-order valence-corrected chi connectivity index (χ0v) is 15.9. The number of aryl methyl sites for hydroxylation is 1. The normalized spacial score (nSPS) is 14.7. The lowest BCUT2D eigenvalue weighted by Crippen LogP contribution is -2.12. The second-order valence-corrected chi connectivity index (χ2v) is 8.88. The van der Waals surface area contributed by atoms with Crippen LogP contribution in [0.5, 0.6) is 11.5 Å². The molecule has 0 fully saturated rings. The first kappa shape index (κ1) is 16.7. The molecule has 27 heavy (non-hydrogen) atoms. The lowest BCUT2D eigenvalue weighted by atomic mass is 10.0. The number of hydrogen-bond acceptors (Lipinski definition) is 6. The van der Waals surface area contributed by atoms with Crippen molar-refractivity contribution in [3.8, 4) is 28.4 Å². The Hall–Kier alpha value is -2.49. The van der Waals surface area contributed by atoms with Crippen molar-refractivity contribution in [2.45, 2.75) is 22.5 Å². The summed E-state index contributed by atoms with van der Waals surface area (Å²) in [5, 5.41) is 9.89. The average molecular weight is 401 g/mol. The van der Waals surface area contributed by atoms with E-state index in [0.717, 1.165) is 50.3 Å². The SMILES string of the molecule is Cc1nn(-c2ccc(S(N)(=O)=O)cc2)c2c1SCc1c-2ccc2c1OCO2. The molecule has 0 atom stereocenters. The average Bonchev–Trinajstić information content (AvgIpc) is 3.25. The molecule has 3 heterocycles. The Kier molecular flexibility index (Phi) is 3.55. The van der Waals surface area contributed by atoms with Gasteiger partial charge in [-0.2, -0.15) is 5.10 Å². The van der Waals surface area contributed by atoms with Gasteiger partial charge in [-0.05, 0) is 43.3 Å². The molecule has 1 aromatic heterocycles. The van der Waals surface area contributed by atoms with E-state index in [4.69, 9.17) is 14.6 Å². The number of fused-ring (bicyclic) bond motifs is 5. The number of nitrogens with zero attached hydrogens (tertiary/aromatic N) is 2. The monoisotopic (exact) mass is 401 g/mol. The highest BCUT2D eigenvalue weighted by atomic mass is 32.2. The second kappa shape index (κ2) is 5.75. The van der Waals surface area contributed by atoms with Gasteiger partial charge in [0, 0.05) is 16.9 Å². The molecule has 2 aliphatic rings. The van der Waals surface area contributed by atoms with E-state index >= 15 is 0 Å². The van der Waals surface area contributed by atoms with E-state index in [2.05, 4.69) is 5.10 Å². The molecule has 2 aliphatic heterocycles. The fourth-order valence-electron chi connectivity index (χ4n) is 3.43. The lowest BCUT2D eigenvalue weighted by Gasteiger charge is -2.19. The van der Waals surface area contributed by atoms with E-state index in [9.17, 15) is 8.42 Å². The first-order valence-corrected chi connectivity index (χ1v) is 10.7. The topological polar surface area (TPSA) is 96.4 Å². The van der Waals surface area contributed by atoms with Gasteiger partial charge in [0.15, 0.2) is 11.5 Å². The van der Waals surface area contributed by atoms with Gasteiger partial charge in [-0.25, -0.2) is 18.2 Å². The summed E-state index contributed by atoms with van der Waals surface area (Å²) in [7, 11) is -3.73. The van der Waals surface area contributed by atoms with Crippen molar-refractivity contribution in [3.05, 3.63) is 47.7 Å². The minimum atomic E-state index is -3.73. The van der Waals surface area contributed by atoms with Gasteiger partial charge in [-0.1, -0.05) is 0 Å². The summed E-state index contributed by atoms with van der Waals surface area (Å²) in [6.45, 7) is 2.20. The van der Waals surface area contributed by atoms with Crippen LogP contribution in [-0.4, -0.2) is 25.0 Å². The smallest absolute Gasteiger partial charge is 0.238 e. The van der Waals surface area contributed by atoms with Gasteiger partial charge in [0.25, 0.3) is 0 Å². The highest BCUT2D eigenvalue weighted by Crippen LogP contribution is 2.50. The van der Waals surface area contributed by atoms with Crippen LogP contribution in [0.15, 0.2) is 46.2 Å². The van der Waals surface area contributed by atoms with E-state index in [-0.39, 0.29) is 11.7 Å². The van der Waals surface area contributed by atoms with Gasteiger partial charge in [0.05, 0.1) is 26.9 Å². The number of benzene rings is 2. The van der Waals surface area contributed by atoms with Gasteiger partial charge in [0.1, 0.15) is 0 Å². The summed E-state index contributed by atoms with van der Waals surface area (Å²) in [4.78, 5) is 1.18. The van der Waals surface area contributed by atoms with Crippen LogP contribution in [0.3, 0.4) is 0 Å². The molecule has 0 saturated carbocycles. The molecule has 0 radical (unpaired) electrons. The molecule has 0 bridgehead atoms. The number of hydrogen-bond donors (Lipinski definition) is 1. The Labute approximate surface area is 160 Å². The number of aromatic nitrogens is 2. The van der Waals surface area contributed by atoms with Crippen LogP contribution in [0.25, 0.3) is 16.9 Å². The van der Waals surface area contributed by atoms with Gasteiger partial charge in [0.2, 0.25) is 16.8 Å². The predicted octanol–water partition coefficient (Wildman–Crippen LogP) is 2.83. The van der Waals surface area contributed by atoms with Gasteiger partial charge in [-0.3, -0.25) is 0 Å². The van der Waals surface area contributed by atoms with E-state index in [0.29, 0.717) is 0 Å². The minimum Gasteiger partial charge on any atom is -0.454 e. The van der Waals surface area contributed by atoms with Crippen molar-refractivity contribution in [3.63, 3.8) is 0 Å². The van der Waals surface area contributed by atoms with Crippen molar-refractivity contribution in [1.82, 2.24) is 9.78 Å². The quantitative estimate of drug-likeness (QED) is 0.709. The van der Waals surface area contributed by atoms with Crippen LogP contribution < -0.4 is 14.6 Å². The third-order valence-electron chi connectivity index (χ3n) is 4.67. The van der Waals surface area contributed by atoms with Crippen molar-refractivity contribution in [2.24, 2.45) is 5.14 Å². The van der Waals surface area contributed by atoms with E-state index < -0.39 is 10.0 Å². The van der Waals surface area contributed by atoms with Gasteiger partial charge in [-0.15, -0.1) is 11.8 Å². The molecule has 9 heteroatoms. The van der Waals surface area contributed by atoms with E-state index in [1.807, 2.05) is 23.7 Å². The zero-order valence-electron chi connectivity index (χ0n) is 14.3. The largest absolute Gasteiger partial charge is 0.454 e. The molecule has 138 valence electrons. The maximum absolute atomic E-state index is 11.5. The maximum atomic E-state index is 11.5. The second-order valence-electron chi connectivity index (χ2n) is 6.33. The molecule has 7 nitrogen and oxygen atoms in total. The number of sulfonamides is 1. The van der Waals surface area contributed by atoms with Crippen LogP contribution in [0, 0.1) is 6.92 Å². The summed E-state index contributed by atoms with van der Waals surface area (Å²) in [5.41, 5.74) is 4.79. The van der Waals surface area contributed by atoms with Gasteiger partial charge >= 0.3 is 0 Å². The van der Waals surface area contributed by atoms with Crippen molar-refractivity contribution >= 4 is 21.8 Å². The third kappa shape index (κ3) is 2.53. The zero-order chi connectivity index (χ0) is 18.8. The Morgan fingerprint density at radius 1 is 1.15 bits per heavy atom. The van der Waals surface area contributed by atoms with Crippen LogP contribution in [-0.2, 0) is 15.8 Å². The Balaban J connectivity index is 1.70. The minimum absolute atomic E-state index is 0.0714. The standard InChI is InChI=1S/C18H15N3O4S2/c1-10-18-16(13-6-7-15-17(25-9-24-15)14(13)8-26-18)21(20-10)11-2-4-12(5-3-11)27(19,22)23/h2-7H,8-9H2,1H3,(H2,19,22,23). The first-order chi connectivity index (χ1) is 12.9. The van der Waals surface area contributed by atoms with Crippen molar-refractivity contribution in [2.75, 3.05) is 6.79 Å². The lowest BCUT2D eigenvalue weighted by molar-refractivity contribution is 0.173. The number of rotatable bonds is 2. The van der Waals surface area contributed by atoms with Crippen LogP contribution >= 0.6 is 11.8 Å². The molecule has 0 spiro atoms. The molecular formula is C18H15N3O4S2. The third-order valence-corrected chi connectivity index (χ3v) is 6.81. The highest BCUT2D eigenvalue weighted by Gasteiger charge is 2.30. The summed E-state index contributed by atoms with van der Waals surface area (Å²) >= 11 is 1.71. The predicted molar refractivity (Wildman–Crippen MR) is 101 cm³/mol. The summed E-state index contributed by atoms with van der Waals surface area (Å²) < 4.78 is 36.0. The van der Waals surface area contributed by atoms with E-state index in [1.54, 1.807) is 23.9 Å². The fraction of sp³-hybridized carbons (Fsp3) is 0.167. The molecule has 2 aromatic carbocycles. The molecule has 0 saturated heterocycles.